The SMILES string of the molecule is O=C(COC(=O)c1ccccc1O)Nc1cc(Cl)ccc1F. The third-order valence-corrected chi connectivity index (χ3v) is 2.90. The van der Waals surface area contributed by atoms with Crippen molar-refractivity contribution in [1.82, 2.24) is 0 Å². The van der Waals surface area contributed by atoms with Crippen molar-refractivity contribution in [3.63, 3.8) is 0 Å². The van der Waals surface area contributed by atoms with Crippen LogP contribution < -0.4 is 5.32 Å². The highest BCUT2D eigenvalue weighted by Crippen LogP contribution is 2.20. The summed E-state index contributed by atoms with van der Waals surface area (Å²) in [5.41, 5.74) is -0.180. The molecule has 2 rings (SSSR count). The molecule has 0 saturated heterocycles. The molecule has 2 aromatic rings. The number of nitrogens with one attached hydrogen (secondary N) is 1. The van der Waals surface area contributed by atoms with E-state index in [1.165, 1.54) is 30.3 Å². The molecule has 0 aliphatic rings. The van der Waals surface area contributed by atoms with E-state index >= 15 is 0 Å². The van der Waals surface area contributed by atoms with Crippen LogP contribution in [0.4, 0.5) is 10.1 Å². The first kappa shape index (κ1) is 15.8. The number of ether oxygens (including phenoxy) is 1. The van der Waals surface area contributed by atoms with Crippen LogP contribution in [0.5, 0.6) is 5.75 Å². The van der Waals surface area contributed by atoms with E-state index in [4.69, 9.17) is 16.3 Å². The lowest BCUT2D eigenvalue weighted by Gasteiger charge is -2.08. The number of hydrogen-bond acceptors (Lipinski definition) is 4. The standard InChI is InChI=1S/C15H11ClFNO4/c16-9-5-6-11(17)12(7-9)18-14(20)8-22-15(21)10-3-1-2-4-13(10)19/h1-7,19H,8H2,(H,18,20). The van der Waals surface area contributed by atoms with Crippen molar-refractivity contribution < 1.29 is 23.8 Å². The second-order valence-electron chi connectivity index (χ2n) is 4.27. The van der Waals surface area contributed by atoms with Crippen LogP contribution in [-0.4, -0.2) is 23.6 Å². The van der Waals surface area contributed by atoms with Crippen LogP contribution in [0.15, 0.2) is 42.5 Å². The molecule has 0 saturated carbocycles. The maximum atomic E-state index is 13.4. The van der Waals surface area contributed by atoms with Gasteiger partial charge in [0.1, 0.15) is 17.1 Å². The lowest BCUT2D eigenvalue weighted by atomic mass is 10.2. The number of aromatic hydroxyl groups is 1. The van der Waals surface area contributed by atoms with Crippen LogP contribution in [-0.2, 0) is 9.53 Å². The van der Waals surface area contributed by atoms with Crippen molar-refractivity contribution in [2.45, 2.75) is 0 Å². The number of para-hydroxylation sites is 1. The van der Waals surface area contributed by atoms with Crippen molar-refractivity contribution >= 4 is 29.2 Å². The summed E-state index contributed by atoms with van der Waals surface area (Å²) in [6.45, 7) is -0.626. The van der Waals surface area contributed by atoms with Crippen LogP contribution in [0.3, 0.4) is 0 Å². The monoisotopic (exact) mass is 323 g/mol. The van der Waals surface area contributed by atoms with Gasteiger partial charge in [-0.3, -0.25) is 4.79 Å². The molecule has 0 atom stereocenters. The highest BCUT2D eigenvalue weighted by atomic mass is 35.5. The van der Waals surface area contributed by atoms with Crippen molar-refractivity contribution in [2.75, 3.05) is 11.9 Å². The highest BCUT2D eigenvalue weighted by Gasteiger charge is 2.14. The van der Waals surface area contributed by atoms with Gasteiger partial charge in [-0.15, -0.1) is 0 Å². The largest absolute Gasteiger partial charge is 0.507 e. The number of hydrogen-bond donors (Lipinski definition) is 2. The van der Waals surface area contributed by atoms with Gasteiger partial charge < -0.3 is 15.2 Å². The van der Waals surface area contributed by atoms with Crippen molar-refractivity contribution in [3.05, 3.63) is 58.9 Å². The summed E-state index contributed by atoms with van der Waals surface area (Å²) in [5.74, 6) is -2.51. The molecule has 0 radical (unpaired) electrons. The molecule has 0 aromatic heterocycles. The van der Waals surface area contributed by atoms with E-state index in [0.717, 1.165) is 6.07 Å². The van der Waals surface area contributed by atoms with Crippen LogP contribution in [0.25, 0.3) is 0 Å². The van der Waals surface area contributed by atoms with Gasteiger partial charge in [0, 0.05) is 5.02 Å². The molecule has 0 bridgehead atoms. The molecule has 0 spiro atoms. The Bertz CT molecular complexity index is 720. The Labute approximate surface area is 130 Å². The number of carbonyl (C=O) groups excluding carboxylic acids is 2. The maximum absolute atomic E-state index is 13.4. The Morgan fingerprint density at radius 2 is 1.95 bits per heavy atom. The normalized spacial score (nSPS) is 10.1. The number of anilines is 1. The molecule has 2 aromatic carbocycles. The molecule has 0 heterocycles. The lowest BCUT2D eigenvalue weighted by Crippen LogP contribution is -2.21. The predicted octanol–water partition coefficient (Wildman–Crippen LogP) is 2.98. The lowest BCUT2D eigenvalue weighted by molar-refractivity contribution is -0.119. The molecule has 0 fully saturated rings. The van der Waals surface area contributed by atoms with E-state index < -0.39 is 24.3 Å². The number of esters is 1. The first-order valence-electron chi connectivity index (χ1n) is 6.17. The summed E-state index contributed by atoms with van der Waals surface area (Å²) in [6.07, 6.45) is 0. The fourth-order valence-electron chi connectivity index (χ4n) is 1.63. The number of rotatable bonds is 4. The predicted molar refractivity (Wildman–Crippen MR) is 78.4 cm³/mol. The number of halogens is 2. The zero-order valence-corrected chi connectivity index (χ0v) is 11.9. The number of carbonyl (C=O) groups is 2. The quantitative estimate of drug-likeness (QED) is 0.848. The summed E-state index contributed by atoms with van der Waals surface area (Å²) < 4.78 is 18.2. The second-order valence-corrected chi connectivity index (χ2v) is 4.70. The van der Waals surface area contributed by atoms with E-state index in [-0.39, 0.29) is 22.0 Å². The van der Waals surface area contributed by atoms with E-state index in [1.807, 2.05) is 0 Å². The minimum Gasteiger partial charge on any atom is -0.507 e. The van der Waals surface area contributed by atoms with Crippen LogP contribution in [0, 0.1) is 5.82 Å². The Kier molecular flexibility index (Phi) is 4.95. The minimum atomic E-state index is -0.861. The summed E-state index contributed by atoms with van der Waals surface area (Å²) >= 11 is 5.69. The summed E-state index contributed by atoms with van der Waals surface area (Å²) in [7, 11) is 0. The molecule has 2 N–H and O–H groups in total. The number of phenolic OH excluding ortho intramolecular Hbond substituents is 1. The maximum Gasteiger partial charge on any atom is 0.342 e. The van der Waals surface area contributed by atoms with Crippen LogP contribution in [0.2, 0.25) is 5.02 Å². The molecule has 5 nitrogen and oxygen atoms in total. The van der Waals surface area contributed by atoms with Gasteiger partial charge in [-0.05, 0) is 30.3 Å². The smallest absolute Gasteiger partial charge is 0.342 e. The molecule has 114 valence electrons. The Morgan fingerprint density at radius 1 is 1.23 bits per heavy atom. The van der Waals surface area contributed by atoms with Crippen LogP contribution >= 0.6 is 11.6 Å². The van der Waals surface area contributed by atoms with E-state index in [2.05, 4.69) is 5.32 Å². The molecule has 1 amide bonds. The Hall–Kier alpha value is -2.60. The van der Waals surface area contributed by atoms with E-state index in [1.54, 1.807) is 6.07 Å². The molecule has 22 heavy (non-hydrogen) atoms. The minimum absolute atomic E-state index is 0.0655. The molecular formula is C15H11ClFNO4. The Morgan fingerprint density at radius 3 is 2.68 bits per heavy atom. The average molecular weight is 324 g/mol. The molecule has 0 unspecified atom stereocenters. The van der Waals surface area contributed by atoms with E-state index in [0.29, 0.717) is 0 Å². The fraction of sp³-hybridized carbons (Fsp3) is 0.0667. The third-order valence-electron chi connectivity index (χ3n) is 2.66. The zero-order chi connectivity index (χ0) is 16.1. The molecular weight excluding hydrogens is 313 g/mol. The first-order valence-corrected chi connectivity index (χ1v) is 6.55. The summed E-state index contributed by atoms with van der Waals surface area (Å²) in [4.78, 5) is 23.3. The van der Waals surface area contributed by atoms with Gasteiger partial charge in [0.05, 0.1) is 5.69 Å². The van der Waals surface area contributed by atoms with Gasteiger partial charge >= 0.3 is 5.97 Å². The van der Waals surface area contributed by atoms with Gasteiger partial charge in [-0.25, -0.2) is 9.18 Å². The highest BCUT2D eigenvalue weighted by molar-refractivity contribution is 6.30. The number of phenols is 1. The Balaban J connectivity index is 1.94. The molecule has 0 aliphatic heterocycles. The van der Waals surface area contributed by atoms with E-state index in [9.17, 15) is 19.1 Å². The molecule has 0 aliphatic carbocycles. The van der Waals surface area contributed by atoms with Gasteiger partial charge in [0.2, 0.25) is 0 Å². The third kappa shape index (κ3) is 3.95. The van der Waals surface area contributed by atoms with Gasteiger partial charge in [0.25, 0.3) is 5.91 Å². The number of amides is 1. The second kappa shape index (κ2) is 6.91. The number of benzene rings is 2. The summed E-state index contributed by atoms with van der Waals surface area (Å²) in [6, 6.07) is 9.43. The fourth-order valence-corrected chi connectivity index (χ4v) is 1.81. The first-order chi connectivity index (χ1) is 10.5. The van der Waals surface area contributed by atoms with Gasteiger partial charge in [-0.2, -0.15) is 0 Å². The molecule has 7 heteroatoms. The zero-order valence-electron chi connectivity index (χ0n) is 11.2. The summed E-state index contributed by atoms with van der Waals surface area (Å²) in [5, 5.41) is 12.0. The van der Waals surface area contributed by atoms with Crippen molar-refractivity contribution in [1.29, 1.82) is 0 Å². The van der Waals surface area contributed by atoms with Gasteiger partial charge in [-0.1, -0.05) is 23.7 Å². The van der Waals surface area contributed by atoms with Crippen LogP contribution in [0.1, 0.15) is 10.4 Å². The topological polar surface area (TPSA) is 75.6 Å². The van der Waals surface area contributed by atoms with Gasteiger partial charge in [0.15, 0.2) is 6.61 Å². The van der Waals surface area contributed by atoms with Crippen molar-refractivity contribution in [2.24, 2.45) is 0 Å². The van der Waals surface area contributed by atoms with Crippen molar-refractivity contribution in [3.8, 4) is 5.75 Å². The average Bonchev–Trinajstić information content (AvgIpc) is 2.49.